The molecule has 0 saturated heterocycles. The highest BCUT2D eigenvalue weighted by atomic mass is 79.9. The van der Waals surface area contributed by atoms with Crippen LogP contribution in [0.2, 0.25) is 0 Å². The van der Waals surface area contributed by atoms with Gasteiger partial charge in [0, 0.05) is 11.1 Å². The van der Waals surface area contributed by atoms with Crippen molar-refractivity contribution in [1.29, 1.82) is 0 Å². The number of ether oxygens (including phenoxy) is 1. The van der Waals surface area contributed by atoms with Crippen molar-refractivity contribution < 1.29 is 14.3 Å². The van der Waals surface area contributed by atoms with Crippen molar-refractivity contribution in [2.45, 2.75) is 0 Å². The van der Waals surface area contributed by atoms with Crippen LogP contribution in [0.3, 0.4) is 0 Å². The predicted octanol–water partition coefficient (Wildman–Crippen LogP) is 4.90. The van der Waals surface area contributed by atoms with Gasteiger partial charge in [0.1, 0.15) is 10.2 Å². The summed E-state index contributed by atoms with van der Waals surface area (Å²) in [6, 6.07) is 20.2. The van der Waals surface area contributed by atoms with Crippen LogP contribution >= 0.6 is 15.9 Å². The number of hydrogen-bond acceptors (Lipinski definition) is 3. The Kier molecular flexibility index (Phi) is 3.54. The maximum absolute atomic E-state index is 12.7. The van der Waals surface area contributed by atoms with E-state index >= 15 is 0 Å². The number of Topliss-reactive ketones (excluding diaryl/α,β-unsaturated/α-hetero) is 2. The van der Waals surface area contributed by atoms with Gasteiger partial charge < -0.3 is 4.74 Å². The van der Waals surface area contributed by atoms with Gasteiger partial charge in [0.05, 0.1) is 0 Å². The van der Waals surface area contributed by atoms with E-state index in [-0.39, 0.29) is 21.8 Å². The highest BCUT2D eigenvalue weighted by Crippen LogP contribution is 2.32. The highest BCUT2D eigenvalue weighted by Gasteiger charge is 2.32. The Balaban J connectivity index is 1.76. The number of hydrogen-bond donors (Lipinski definition) is 0. The van der Waals surface area contributed by atoms with Crippen LogP contribution in [-0.4, -0.2) is 11.6 Å². The van der Waals surface area contributed by atoms with Crippen LogP contribution < -0.4 is 4.74 Å². The molecule has 1 aliphatic rings. The van der Waals surface area contributed by atoms with Crippen molar-refractivity contribution in [3.63, 3.8) is 0 Å². The summed E-state index contributed by atoms with van der Waals surface area (Å²) >= 11 is 3.22. The monoisotopic (exact) mass is 378 g/mol. The van der Waals surface area contributed by atoms with E-state index in [1.54, 1.807) is 30.3 Å². The first-order valence-electron chi connectivity index (χ1n) is 7.40. The third-order valence-corrected chi connectivity index (χ3v) is 4.68. The molecule has 3 aromatic carbocycles. The van der Waals surface area contributed by atoms with Crippen LogP contribution in [-0.2, 0) is 0 Å². The number of carbonyl (C=O) groups excluding carboxylic acids is 2. The van der Waals surface area contributed by atoms with Crippen molar-refractivity contribution in [3.8, 4) is 5.75 Å². The largest absolute Gasteiger partial charge is 0.452 e. The maximum atomic E-state index is 12.7. The number of ketones is 2. The number of carbonyl (C=O) groups is 2. The summed E-state index contributed by atoms with van der Waals surface area (Å²) in [5.41, 5.74) is 0.752. The molecule has 0 saturated carbocycles. The third-order valence-electron chi connectivity index (χ3n) is 3.96. The van der Waals surface area contributed by atoms with Crippen molar-refractivity contribution in [1.82, 2.24) is 0 Å². The molecule has 0 radical (unpaired) electrons. The topological polar surface area (TPSA) is 43.4 Å². The molecule has 0 N–H and O–H groups in total. The molecule has 0 bridgehead atoms. The molecule has 1 aliphatic carbocycles. The van der Waals surface area contributed by atoms with Crippen LogP contribution in [0.4, 0.5) is 0 Å². The fourth-order valence-electron chi connectivity index (χ4n) is 2.76. The molecule has 0 aromatic heterocycles. The molecule has 3 aromatic rings. The Labute approximate surface area is 146 Å². The Morgan fingerprint density at radius 1 is 0.708 bits per heavy atom. The van der Waals surface area contributed by atoms with Gasteiger partial charge in [-0.2, -0.15) is 0 Å². The molecule has 116 valence electrons. The zero-order chi connectivity index (χ0) is 16.7. The fourth-order valence-corrected chi connectivity index (χ4v) is 3.24. The molecule has 0 fully saturated rings. The van der Waals surface area contributed by atoms with E-state index in [1.165, 1.54) is 0 Å². The lowest BCUT2D eigenvalue weighted by molar-refractivity contribution is 0.0944. The van der Waals surface area contributed by atoms with Crippen molar-refractivity contribution in [2.75, 3.05) is 0 Å². The lowest BCUT2D eigenvalue weighted by atomic mass is 9.93. The van der Waals surface area contributed by atoms with Crippen LogP contribution in [0.15, 0.2) is 77.0 Å². The van der Waals surface area contributed by atoms with E-state index in [1.807, 2.05) is 36.4 Å². The van der Waals surface area contributed by atoms with Crippen molar-refractivity contribution in [3.05, 3.63) is 88.1 Å². The van der Waals surface area contributed by atoms with Crippen molar-refractivity contribution in [2.24, 2.45) is 0 Å². The highest BCUT2D eigenvalue weighted by molar-refractivity contribution is 9.12. The van der Waals surface area contributed by atoms with Gasteiger partial charge >= 0.3 is 0 Å². The third kappa shape index (κ3) is 2.36. The van der Waals surface area contributed by atoms with Crippen LogP contribution in [0.1, 0.15) is 20.7 Å². The van der Waals surface area contributed by atoms with E-state index < -0.39 is 0 Å². The van der Waals surface area contributed by atoms with Crippen LogP contribution in [0.5, 0.6) is 5.75 Å². The summed E-state index contributed by atoms with van der Waals surface area (Å²) in [5, 5.41) is 2.08. The summed E-state index contributed by atoms with van der Waals surface area (Å²) in [7, 11) is 0. The zero-order valence-corrected chi connectivity index (χ0v) is 14.0. The summed E-state index contributed by atoms with van der Waals surface area (Å²) < 4.78 is 5.93. The normalized spacial score (nSPS) is 14.0. The molecular weight excluding hydrogens is 368 g/mol. The molecule has 4 heteroatoms. The van der Waals surface area contributed by atoms with Crippen LogP contribution in [0, 0.1) is 0 Å². The first-order chi connectivity index (χ1) is 11.6. The lowest BCUT2D eigenvalue weighted by Gasteiger charge is -2.18. The first-order valence-corrected chi connectivity index (χ1v) is 8.19. The van der Waals surface area contributed by atoms with Gasteiger partial charge in [0.25, 0.3) is 0 Å². The van der Waals surface area contributed by atoms with E-state index in [2.05, 4.69) is 15.9 Å². The smallest absolute Gasteiger partial charge is 0.230 e. The second-order valence-corrected chi connectivity index (χ2v) is 6.25. The second-order valence-electron chi connectivity index (χ2n) is 5.46. The van der Waals surface area contributed by atoms with E-state index in [0.29, 0.717) is 16.9 Å². The van der Waals surface area contributed by atoms with Gasteiger partial charge in [0.2, 0.25) is 11.6 Å². The molecule has 0 heterocycles. The van der Waals surface area contributed by atoms with Crippen molar-refractivity contribution >= 4 is 38.3 Å². The number of rotatable bonds is 2. The Morgan fingerprint density at radius 2 is 1.33 bits per heavy atom. The molecular formula is C20H11BrO3. The predicted molar refractivity (Wildman–Crippen MR) is 95.6 cm³/mol. The summed E-state index contributed by atoms with van der Waals surface area (Å²) in [6.45, 7) is 0. The Bertz CT molecular complexity index is 1030. The number of allylic oxidation sites excluding steroid dienone is 2. The number of halogens is 1. The zero-order valence-electron chi connectivity index (χ0n) is 12.5. The molecule has 0 aliphatic heterocycles. The average molecular weight is 379 g/mol. The number of fused-ring (bicyclic) bond motifs is 2. The Morgan fingerprint density at radius 3 is 2.08 bits per heavy atom. The van der Waals surface area contributed by atoms with Gasteiger partial charge in [-0.15, -0.1) is 0 Å². The molecule has 0 spiro atoms. The molecule has 3 nitrogen and oxygen atoms in total. The van der Waals surface area contributed by atoms with Gasteiger partial charge in [0.15, 0.2) is 5.76 Å². The minimum Gasteiger partial charge on any atom is -0.452 e. The van der Waals surface area contributed by atoms with Crippen LogP contribution in [0.25, 0.3) is 10.8 Å². The maximum Gasteiger partial charge on any atom is 0.230 e. The summed E-state index contributed by atoms with van der Waals surface area (Å²) in [5.74, 6) is -0.0126. The van der Waals surface area contributed by atoms with E-state index in [4.69, 9.17) is 4.74 Å². The molecule has 4 rings (SSSR count). The number of benzene rings is 3. The first kappa shape index (κ1) is 14.8. The summed E-state index contributed by atoms with van der Waals surface area (Å²) in [4.78, 5) is 25.1. The molecule has 24 heavy (non-hydrogen) atoms. The van der Waals surface area contributed by atoms with Gasteiger partial charge in [-0.25, -0.2) is 0 Å². The Hall–Kier alpha value is -2.72. The molecule has 0 amide bonds. The van der Waals surface area contributed by atoms with E-state index in [0.717, 1.165) is 10.8 Å². The average Bonchev–Trinajstić information content (AvgIpc) is 2.63. The second kappa shape index (κ2) is 5.73. The fraction of sp³-hybridized carbons (Fsp3) is 0. The molecule has 0 atom stereocenters. The standard InChI is InChI=1S/C20H11BrO3/c21-17-18(22)15-7-3-4-8-16(15)19(23)20(17)24-14-10-9-12-5-1-2-6-13(12)11-14/h1-11H. The summed E-state index contributed by atoms with van der Waals surface area (Å²) in [6.07, 6.45) is 0. The van der Waals surface area contributed by atoms with E-state index in [9.17, 15) is 9.59 Å². The van der Waals surface area contributed by atoms with Gasteiger partial charge in [-0.05, 0) is 38.8 Å². The quantitative estimate of drug-likeness (QED) is 0.636. The van der Waals surface area contributed by atoms with Gasteiger partial charge in [-0.3, -0.25) is 9.59 Å². The minimum absolute atomic E-state index is 0.0222. The van der Waals surface area contributed by atoms with Gasteiger partial charge in [-0.1, -0.05) is 54.6 Å². The molecule has 0 unspecified atom stereocenters. The SMILES string of the molecule is O=C1C(Br)=C(Oc2ccc3ccccc3c2)C(=O)c2ccccc21. The lowest BCUT2D eigenvalue weighted by Crippen LogP contribution is -2.22. The minimum atomic E-state index is -0.301.